The second-order valence-corrected chi connectivity index (χ2v) is 11.4. The Morgan fingerprint density at radius 2 is 1.70 bits per heavy atom. The van der Waals surface area contributed by atoms with Gasteiger partial charge in [0.25, 0.3) is 5.91 Å². The lowest BCUT2D eigenvalue weighted by Crippen LogP contribution is -2.37. The summed E-state index contributed by atoms with van der Waals surface area (Å²) in [6.45, 7) is 2.53. The van der Waals surface area contributed by atoms with Gasteiger partial charge in [-0.25, -0.2) is 0 Å². The Labute approximate surface area is 234 Å². The van der Waals surface area contributed by atoms with Gasteiger partial charge in [-0.3, -0.25) is 9.59 Å². The number of fused-ring (bicyclic) bond motifs is 6. The maximum Gasteiger partial charge on any atom is 0.255 e. The Bertz CT molecular complexity index is 1640. The molecule has 2 amide bonds. The summed E-state index contributed by atoms with van der Waals surface area (Å²) in [5.41, 5.74) is 7.42. The number of carbonyl (C=O) groups excluding carboxylic acids is 2. The maximum atomic E-state index is 14.2. The number of ether oxygens (including phenoxy) is 1. The zero-order valence-corrected chi connectivity index (χ0v) is 22.8. The van der Waals surface area contributed by atoms with Crippen LogP contribution < -0.4 is 10.1 Å². The summed E-state index contributed by atoms with van der Waals surface area (Å²) < 4.78 is 5.33. The smallest absolute Gasteiger partial charge is 0.255 e. The lowest BCUT2D eigenvalue weighted by Gasteiger charge is -2.30. The molecule has 3 aliphatic rings. The summed E-state index contributed by atoms with van der Waals surface area (Å²) >= 11 is 0. The molecule has 5 nitrogen and oxygen atoms in total. The van der Waals surface area contributed by atoms with Crippen molar-refractivity contribution in [2.45, 2.75) is 50.1 Å². The number of anilines is 1. The van der Waals surface area contributed by atoms with E-state index in [0.29, 0.717) is 18.0 Å². The number of nitrogens with zero attached hydrogens (tertiary/aromatic N) is 1. The number of benzene rings is 4. The summed E-state index contributed by atoms with van der Waals surface area (Å²) in [5, 5.41) is 3.35. The number of hydrogen-bond acceptors (Lipinski definition) is 3. The highest BCUT2D eigenvalue weighted by atomic mass is 16.5. The zero-order valence-electron chi connectivity index (χ0n) is 22.8. The van der Waals surface area contributed by atoms with Crippen molar-refractivity contribution in [3.05, 3.63) is 130 Å². The lowest BCUT2D eigenvalue weighted by atomic mass is 9.78. The van der Waals surface area contributed by atoms with Crippen LogP contribution in [0.4, 0.5) is 5.69 Å². The highest BCUT2D eigenvalue weighted by Gasteiger charge is 2.54. The Morgan fingerprint density at radius 1 is 0.950 bits per heavy atom. The van der Waals surface area contributed by atoms with Crippen LogP contribution in [-0.4, -0.2) is 23.8 Å². The molecular formula is C35H32N2O3. The number of rotatable bonds is 6. The third kappa shape index (κ3) is 3.68. The molecule has 3 atom stereocenters. The highest BCUT2D eigenvalue weighted by Crippen LogP contribution is 2.57. The van der Waals surface area contributed by atoms with E-state index in [-0.39, 0.29) is 17.9 Å². The van der Waals surface area contributed by atoms with Crippen molar-refractivity contribution < 1.29 is 14.3 Å². The van der Waals surface area contributed by atoms with E-state index in [4.69, 9.17) is 4.74 Å². The van der Waals surface area contributed by atoms with Crippen molar-refractivity contribution in [1.29, 1.82) is 0 Å². The molecule has 1 N–H and O–H groups in total. The van der Waals surface area contributed by atoms with Crippen LogP contribution in [0, 0.1) is 6.92 Å². The summed E-state index contributed by atoms with van der Waals surface area (Å²) in [7, 11) is 1.65. The Kier molecular flexibility index (Phi) is 5.77. The van der Waals surface area contributed by atoms with Crippen molar-refractivity contribution >= 4 is 17.5 Å². The SMILES string of the molecule is COc1ccc(CN2C(=O)c3cccc(NC(=O)C45CCC(C4)c4ccccc45)c3C2c2ccccc2C)cc1. The molecule has 5 heteroatoms. The number of aryl methyl sites for hydroxylation is 1. The van der Waals surface area contributed by atoms with Crippen LogP contribution in [0.15, 0.2) is 91.0 Å². The quantitative estimate of drug-likeness (QED) is 0.296. The van der Waals surface area contributed by atoms with Gasteiger partial charge in [-0.2, -0.15) is 0 Å². The average Bonchev–Trinajstić information content (AvgIpc) is 3.65. The summed E-state index contributed by atoms with van der Waals surface area (Å²) in [4.78, 5) is 30.1. The van der Waals surface area contributed by atoms with Gasteiger partial charge >= 0.3 is 0 Å². The van der Waals surface area contributed by atoms with Crippen molar-refractivity contribution in [2.75, 3.05) is 12.4 Å². The van der Waals surface area contributed by atoms with Crippen LogP contribution in [-0.2, 0) is 16.8 Å². The first-order chi connectivity index (χ1) is 19.5. The Hall–Kier alpha value is -4.38. The number of carbonyl (C=O) groups is 2. The van der Waals surface area contributed by atoms with Crippen LogP contribution in [0.5, 0.6) is 5.75 Å². The summed E-state index contributed by atoms with van der Waals surface area (Å²) in [6, 6.07) is 29.9. The molecule has 200 valence electrons. The second-order valence-electron chi connectivity index (χ2n) is 11.4. The van der Waals surface area contributed by atoms with Crippen molar-refractivity contribution in [2.24, 2.45) is 0 Å². The minimum Gasteiger partial charge on any atom is -0.497 e. The minimum absolute atomic E-state index is 0.0273. The molecule has 1 aliphatic heterocycles. The molecule has 2 bridgehead atoms. The lowest BCUT2D eigenvalue weighted by molar-refractivity contribution is -0.121. The number of amides is 2. The first-order valence-electron chi connectivity index (χ1n) is 14.0. The molecule has 0 saturated heterocycles. The van der Waals surface area contributed by atoms with Gasteiger partial charge in [0.15, 0.2) is 0 Å². The van der Waals surface area contributed by atoms with E-state index in [9.17, 15) is 9.59 Å². The fraction of sp³-hybridized carbons (Fsp3) is 0.257. The van der Waals surface area contributed by atoms with Crippen LogP contribution >= 0.6 is 0 Å². The van der Waals surface area contributed by atoms with E-state index < -0.39 is 5.41 Å². The van der Waals surface area contributed by atoms with Gasteiger partial charge in [-0.1, -0.05) is 66.7 Å². The molecule has 4 aromatic carbocycles. The number of nitrogens with one attached hydrogen (secondary N) is 1. The van der Waals surface area contributed by atoms with E-state index >= 15 is 0 Å². The van der Waals surface area contributed by atoms with E-state index in [1.54, 1.807) is 7.11 Å². The van der Waals surface area contributed by atoms with E-state index in [0.717, 1.165) is 53.0 Å². The van der Waals surface area contributed by atoms with E-state index in [1.807, 2.05) is 65.6 Å². The Morgan fingerprint density at radius 3 is 2.48 bits per heavy atom. The molecule has 0 radical (unpaired) electrons. The standard InChI is InChI=1S/C35H32N2O3/c1-22-8-3-4-9-26(22)32-31-28(33(38)37(32)21-23-14-16-25(40-2)17-15-23)11-7-13-30(31)36-34(39)35-19-18-24(20-35)27-10-5-6-12-29(27)35/h3-17,24,32H,18-21H2,1-2H3,(H,36,39). The third-order valence-corrected chi connectivity index (χ3v) is 9.29. The fourth-order valence-electron chi connectivity index (χ4n) is 7.31. The van der Waals surface area contributed by atoms with Gasteiger partial charge in [-0.15, -0.1) is 0 Å². The van der Waals surface area contributed by atoms with Gasteiger partial charge in [-0.05, 0) is 84.2 Å². The summed E-state index contributed by atoms with van der Waals surface area (Å²) in [6.07, 6.45) is 2.76. The molecule has 3 unspecified atom stereocenters. The molecule has 7 rings (SSSR count). The largest absolute Gasteiger partial charge is 0.497 e. The maximum absolute atomic E-state index is 14.2. The molecule has 4 aromatic rings. The van der Waals surface area contributed by atoms with Gasteiger partial charge < -0.3 is 15.0 Å². The topological polar surface area (TPSA) is 58.6 Å². The molecule has 1 fully saturated rings. The van der Waals surface area contributed by atoms with Gasteiger partial charge in [0, 0.05) is 23.4 Å². The molecule has 40 heavy (non-hydrogen) atoms. The first-order valence-corrected chi connectivity index (χ1v) is 14.0. The van der Waals surface area contributed by atoms with Gasteiger partial charge in [0.05, 0.1) is 18.6 Å². The van der Waals surface area contributed by atoms with Gasteiger partial charge in [0.2, 0.25) is 5.91 Å². The first kappa shape index (κ1) is 24.6. The highest BCUT2D eigenvalue weighted by molar-refractivity contribution is 6.06. The van der Waals surface area contributed by atoms with Crippen LogP contribution in [0.2, 0.25) is 0 Å². The number of hydrogen-bond donors (Lipinski definition) is 1. The third-order valence-electron chi connectivity index (χ3n) is 9.29. The molecule has 1 heterocycles. The predicted molar refractivity (Wildman–Crippen MR) is 156 cm³/mol. The average molecular weight is 529 g/mol. The predicted octanol–water partition coefficient (Wildman–Crippen LogP) is 6.91. The monoisotopic (exact) mass is 528 g/mol. The minimum atomic E-state index is -0.506. The fourth-order valence-corrected chi connectivity index (χ4v) is 7.31. The van der Waals surface area contributed by atoms with Crippen LogP contribution in [0.1, 0.15) is 75.0 Å². The van der Waals surface area contributed by atoms with E-state index in [1.165, 1.54) is 11.1 Å². The molecular weight excluding hydrogens is 496 g/mol. The number of methoxy groups -OCH3 is 1. The normalized spacial score (nSPS) is 22.2. The second kappa shape index (κ2) is 9.37. The molecule has 1 saturated carbocycles. The summed E-state index contributed by atoms with van der Waals surface area (Å²) in [5.74, 6) is 1.24. The molecule has 0 aromatic heterocycles. The van der Waals surface area contributed by atoms with Crippen molar-refractivity contribution in [1.82, 2.24) is 4.90 Å². The van der Waals surface area contributed by atoms with E-state index in [2.05, 4.69) is 42.6 Å². The molecule has 2 aliphatic carbocycles. The molecule has 0 spiro atoms. The Balaban J connectivity index is 1.29. The zero-order chi connectivity index (χ0) is 27.4. The van der Waals surface area contributed by atoms with Crippen molar-refractivity contribution in [3.63, 3.8) is 0 Å². The van der Waals surface area contributed by atoms with Gasteiger partial charge in [0.1, 0.15) is 5.75 Å². The van der Waals surface area contributed by atoms with Crippen LogP contribution in [0.3, 0.4) is 0 Å². The van der Waals surface area contributed by atoms with Crippen molar-refractivity contribution in [3.8, 4) is 5.75 Å². The van der Waals surface area contributed by atoms with Crippen LogP contribution in [0.25, 0.3) is 0 Å².